The van der Waals surface area contributed by atoms with Gasteiger partial charge in [-0.15, -0.1) is 10.2 Å². The molecular weight excluding hydrogens is 358 g/mol. The van der Waals surface area contributed by atoms with Gasteiger partial charge in [-0.25, -0.2) is 4.68 Å². The van der Waals surface area contributed by atoms with Gasteiger partial charge in [0.15, 0.2) is 5.82 Å². The fraction of sp³-hybridized carbons (Fsp3) is 0.350. The molecule has 0 aliphatic carbocycles. The van der Waals surface area contributed by atoms with Crippen molar-refractivity contribution in [2.24, 2.45) is 0 Å². The summed E-state index contributed by atoms with van der Waals surface area (Å²) in [5.74, 6) is 8.32. The lowest BCUT2D eigenvalue weighted by molar-refractivity contribution is 0.291. The highest BCUT2D eigenvalue weighted by Gasteiger charge is 2.14. The molecule has 6 nitrogen and oxygen atoms in total. The summed E-state index contributed by atoms with van der Waals surface area (Å²) in [6, 6.07) is 14.0. The van der Waals surface area contributed by atoms with Gasteiger partial charge in [-0.2, -0.15) is 0 Å². The van der Waals surface area contributed by atoms with E-state index in [1.54, 1.807) is 18.0 Å². The summed E-state index contributed by atoms with van der Waals surface area (Å²) in [4.78, 5) is 4.31. The zero-order valence-electron chi connectivity index (χ0n) is 15.9. The third kappa shape index (κ3) is 5.23. The standard InChI is InChI=1S/C20H25N5OS/c1-20(2,3)15-7-9-17(10-8-15)26-14-18-23-24-19(25(18)21)27-13-11-16-6-4-5-12-22-16/h4-10,12H,11,13-14,21H2,1-3H3. The van der Waals surface area contributed by atoms with E-state index in [0.717, 1.165) is 23.6 Å². The van der Waals surface area contributed by atoms with Gasteiger partial charge in [0.25, 0.3) is 0 Å². The molecule has 7 heteroatoms. The predicted octanol–water partition coefficient (Wildman–Crippen LogP) is 3.60. The van der Waals surface area contributed by atoms with E-state index < -0.39 is 0 Å². The molecule has 2 N–H and O–H groups in total. The van der Waals surface area contributed by atoms with E-state index in [2.05, 4.69) is 48.1 Å². The fourth-order valence-electron chi connectivity index (χ4n) is 2.50. The topological polar surface area (TPSA) is 78.9 Å². The molecule has 1 aromatic carbocycles. The average molecular weight is 384 g/mol. The number of nitrogens with zero attached hydrogens (tertiary/aromatic N) is 4. The quantitative estimate of drug-likeness (QED) is 0.496. The Kier molecular flexibility index (Phi) is 6.01. The van der Waals surface area contributed by atoms with E-state index in [1.807, 2.05) is 30.3 Å². The normalized spacial score (nSPS) is 11.5. The summed E-state index contributed by atoms with van der Waals surface area (Å²) in [6.45, 7) is 6.84. The number of hydrogen-bond acceptors (Lipinski definition) is 6. The van der Waals surface area contributed by atoms with Crippen molar-refractivity contribution < 1.29 is 4.74 Å². The van der Waals surface area contributed by atoms with Crippen molar-refractivity contribution in [3.8, 4) is 5.75 Å². The maximum absolute atomic E-state index is 6.10. The Morgan fingerprint density at radius 1 is 1.07 bits per heavy atom. The average Bonchev–Trinajstić information content (AvgIpc) is 3.00. The number of nitrogen functional groups attached to an aromatic ring is 1. The molecule has 0 fully saturated rings. The third-order valence-electron chi connectivity index (χ3n) is 4.14. The summed E-state index contributed by atoms with van der Waals surface area (Å²) < 4.78 is 7.30. The lowest BCUT2D eigenvalue weighted by Crippen LogP contribution is -2.16. The first kappa shape index (κ1) is 19.2. The maximum Gasteiger partial charge on any atom is 0.209 e. The molecule has 0 aliphatic heterocycles. The number of nitrogens with two attached hydrogens (primary N) is 1. The molecule has 0 amide bonds. The molecule has 0 spiro atoms. The van der Waals surface area contributed by atoms with E-state index >= 15 is 0 Å². The largest absolute Gasteiger partial charge is 0.486 e. The number of aromatic nitrogens is 4. The number of benzene rings is 1. The predicted molar refractivity (Wildman–Crippen MR) is 108 cm³/mol. The summed E-state index contributed by atoms with van der Waals surface area (Å²) in [7, 11) is 0. The molecule has 0 bridgehead atoms. The molecule has 0 aliphatic rings. The van der Waals surface area contributed by atoms with E-state index in [0.29, 0.717) is 11.0 Å². The van der Waals surface area contributed by atoms with E-state index in [-0.39, 0.29) is 12.0 Å². The number of pyridine rings is 1. The zero-order valence-corrected chi connectivity index (χ0v) is 16.7. The first-order chi connectivity index (χ1) is 12.9. The minimum absolute atomic E-state index is 0.122. The molecule has 2 aromatic heterocycles. The molecule has 142 valence electrons. The first-order valence-corrected chi connectivity index (χ1v) is 9.87. The summed E-state index contributed by atoms with van der Waals surface area (Å²) in [6.07, 6.45) is 2.65. The van der Waals surface area contributed by atoms with Crippen LogP contribution < -0.4 is 10.6 Å². The Bertz CT molecular complexity index is 856. The Hall–Kier alpha value is -2.54. The Balaban J connectivity index is 1.52. The number of ether oxygens (including phenoxy) is 1. The van der Waals surface area contributed by atoms with Crippen molar-refractivity contribution in [3.63, 3.8) is 0 Å². The van der Waals surface area contributed by atoms with Crippen molar-refractivity contribution in [2.75, 3.05) is 11.6 Å². The SMILES string of the molecule is CC(C)(C)c1ccc(OCc2nnc(SCCc3ccccn3)n2N)cc1. The van der Waals surface area contributed by atoms with Crippen molar-refractivity contribution in [3.05, 3.63) is 65.7 Å². The first-order valence-electron chi connectivity index (χ1n) is 8.89. The Labute approximate surface area is 164 Å². The highest BCUT2D eigenvalue weighted by Crippen LogP contribution is 2.24. The summed E-state index contributed by atoms with van der Waals surface area (Å²) >= 11 is 1.56. The van der Waals surface area contributed by atoms with Crippen LogP contribution in [0.5, 0.6) is 5.75 Å². The second kappa shape index (κ2) is 8.43. The number of aryl methyl sites for hydroxylation is 1. The third-order valence-corrected chi connectivity index (χ3v) is 5.08. The molecule has 0 radical (unpaired) electrons. The fourth-order valence-corrected chi connectivity index (χ4v) is 3.33. The van der Waals surface area contributed by atoms with Crippen LogP contribution in [0.15, 0.2) is 53.8 Å². The molecule has 2 heterocycles. The molecule has 0 unspecified atom stereocenters. The summed E-state index contributed by atoms with van der Waals surface area (Å²) in [5, 5.41) is 8.97. The van der Waals surface area contributed by atoms with Crippen molar-refractivity contribution in [1.82, 2.24) is 19.9 Å². The van der Waals surface area contributed by atoms with Gasteiger partial charge in [0.05, 0.1) is 0 Å². The van der Waals surface area contributed by atoms with Gasteiger partial charge in [0, 0.05) is 17.6 Å². The molecule has 27 heavy (non-hydrogen) atoms. The van der Waals surface area contributed by atoms with Crippen LogP contribution in [-0.4, -0.2) is 25.6 Å². The minimum atomic E-state index is 0.122. The van der Waals surface area contributed by atoms with E-state index in [4.69, 9.17) is 10.6 Å². The van der Waals surface area contributed by atoms with Crippen LogP contribution in [0, 0.1) is 0 Å². The second-order valence-electron chi connectivity index (χ2n) is 7.25. The smallest absolute Gasteiger partial charge is 0.209 e. The Morgan fingerprint density at radius 2 is 1.85 bits per heavy atom. The van der Waals surface area contributed by atoms with Crippen LogP contribution in [0.2, 0.25) is 0 Å². The van der Waals surface area contributed by atoms with Crippen LogP contribution in [0.3, 0.4) is 0 Å². The van der Waals surface area contributed by atoms with Crippen molar-refractivity contribution >= 4 is 11.8 Å². The number of thioether (sulfide) groups is 1. The van der Waals surface area contributed by atoms with Gasteiger partial charge in [0.2, 0.25) is 5.16 Å². The van der Waals surface area contributed by atoms with Gasteiger partial charge in [0.1, 0.15) is 12.4 Å². The van der Waals surface area contributed by atoms with Crippen LogP contribution in [-0.2, 0) is 18.4 Å². The number of rotatable bonds is 7. The zero-order chi connectivity index (χ0) is 19.3. The van der Waals surface area contributed by atoms with Crippen LogP contribution in [0.4, 0.5) is 0 Å². The molecular formula is C20H25N5OS. The van der Waals surface area contributed by atoms with Gasteiger partial charge in [-0.1, -0.05) is 50.7 Å². The highest BCUT2D eigenvalue weighted by atomic mass is 32.2. The van der Waals surface area contributed by atoms with Crippen LogP contribution >= 0.6 is 11.8 Å². The second-order valence-corrected chi connectivity index (χ2v) is 8.31. The molecule has 3 aromatic rings. The van der Waals surface area contributed by atoms with Gasteiger partial charge in [-0.3, -0.25) is 4.98 Å². The molecule has 3 rings (SSSR count). The molecule has 0 saturated heterocycles. The minimum Gasteiger partial charge on any atom is -0.486 e. The van der Waals surface area contributed by atoms with Crippen molar-refractivity contribution in [2.45, 2.75) is 44.4 Å². The lowest BCUT2D eigenvalue weighted by Gasteiger charge is -2.19. The van der Waals surface area contributed by atoms with E-state index in [9.17, 15) is 0 Å². The summed E-state index contributed by atoms with van der Waals surface area (Å²) in [5.41, 5.74) is 2.44. The van der Waals surface area contributed by atoms with Crippen LogP contribution in [0.1, 0.15) is 37.9 Å². The van der Waals surface area contributed by atoms with Gasteiger partial charge >= 0.3 is 0 Å². The maximum atomic E-state index is 6.10. The van der Waals surface area contributed by atoms with Crippen molar-refractivity contribution in [1.29, 1.82) is 0 Å². The Morgan fingerprint density at radius 3 is 2.52 bits per heavy atom. The van der Waals surface area contributed by atoms with Crippen LogP contribution in [0.25, 0.3) is 0 Å². The lowest BCUT2D eigenvalue weighted by atomic mass is 9.87. The monoisotopic (exact) mass is 383 g/mol. The number of hydrogen-bond donors (Lipinski definition) is 1. The van der Waals surface area contributed by atoms with E-state index in [1.165, 1.54) is 10.2 Å². The highest BCUT2D eigenvalue weighted by molar-refractivity contribution is 7.99. The molecule has 0 atom stereocenters. The van der Waals surface area contributed by atoms with Gasteiger partial charge in [-0.05, 0) is 41.7 Å². The molecule has 0 saturated carbocycles. The van der Waals surface area contributed by atoms with Gasteiger partial charge < -0.3 is 10.6 Å².